The van der Waals surface area contributed by atoms with E-state index in [9.17, 15) is 9.90 Å². The first kappa shape index (κ1) is 15.7. The Balaban J connectivity index is 2.01. The highest BCUT2D eigenvalue weighted by Gasteiger charge is 2.44. The molecular formula is C20H24O4. The number of hydrogen-bond acceptors (Lipinski definition) is 4. The number of ether oxygens (including phenoxy) is 1. The van der Waals surface area contributed by atoms with Crippen molar-refractivity contribution in [3.63, 3.8) is 0 Å². The van der Waals surface area contributed by atoms with E-state index in [2.05, 4.69) is 6.92 Å². The molecule has 4 nitrogen and oxygen atoms in total. The summed E-state index contributed by atoms with van der Waals surface area (Å²) < 4.78 is 12.0. The molecule has 2 heterocycles. The summed E-state index contributed by atoms with van der Waals surface area (Å²) in [5.41, 5.74) is 2.75. The topological polar surface area (TPSA) is 59.7 Å². The first-order valence-electron chi connectivity index (χ1n) is 9.00. The molecule has 1 aromatic heterocycles. The summed E-state index contributed by atoms with van der Waals surface area (Å²) in [5.74, 6) is 0.748. The van der Waals surface area contributed by atoms with Crippen molar-refractivity contribution >= 4 is 11.0 Å². The highest BCUT2D eigenvalue weighted by molar-refractivity contribution is 5.89. The van der Waals surface area contributed by atoms with Crippen molar-refractivity contribution in [2.75, 3.05) is 0 Å². The molecule has 2 aromatic rings. The second kappa shape index (κ2) is 5.62. The molecule has 1 fully saturated rings. The average Bonchev–Trinajstić information content (AvgIpc) is 2.93. The van der Waals surface area contributed by atoms with Gasteiger partial charge in [-0.15, -0.1) is 0 Å². The van der Waals surface area contributed by atoms with Crippen LogP contribution in [0.3, 0.4) is 0 Å². The van der Waals surface area contributed by atoms with E-state index in [1.165, 1.54) is 0 Å². The molecule has 1 aliphatic heterocycles. The van der Waals surface area contributed by atoms with Gasteiger partial charge in [0.1, 0.15) is 16.9 Å². The SMILES string of the molecule is CCCc1cc(=O)oc2cc(C)c3c(c12)OC1(CCCC1)CC3O. The summed E-state index contributed by atoms with van der Waals surface area (Å²) in [6.07, 6.45) is 6.13. The van der Waals surface area contributed by atoms with Crippen LogP contribution in [-0.4, -0.2) is 10.7 Å². The van der Waals surface area contributed by atoms with E-state index in [1.807, 2.05) is 13.0 Å². The molecule has 1 aliphatic carbocycles. The largest absolute Gasteiger partial charge is 0.486 e. The molecule has 0 amide bonds. The van der Waals surface area contributed by atoms with Gasteiger partial charge in [0.05, 0.1) is 11.5 Å². The Morgan fingerprint density at radius 1 is 1.29 bits per heavy atom. The van der Waals surface area contributed by atoms with Gasteiger partial charge in [-0.1, -0.05) is 13.3 Å². The predicted molar refractivity (Wildman–Crippen MR) is 92.6 cm³/mol. The third kappa shape index (κ3) is 2.35. The number of aryl methyl sites for hydroxylation is 2. The lowest BCUT2D eigenvalue weighted by atomic mass is 9.84. The molecular weight excluding hydrogens is 304 g/mol. The number of aliphatic hydroxyl groups excluding tert-OH is 1. The van der Waals surface area contributed by atoms with E-state index < -0.39 is 6.10 Å². The minimum atomic E-state index is -0.516. The van der Waals surface area contributed by atoms with Gasteiger partial charge < -0.3 is 14.3 Å². The maximum absolute atomic E-state index is 11.9. The van der Waals surface area contributed by atoms with Crippen LogP contribution in [0, 0.1) is 6.92 Å². The molecule has 2 aliphatic rings. The van der Waals surface area contributed by atoms with Crippen molar-refractivity contribution in [3.05, 3.63) is 39.2 Å². The molecule has 1 aromatic carbocycles. The number of aliphatic hydroxyl groups is 1. The highest BCUT2D eigenvalue weighted by Crippen LogP contribution is 2.51. The highest BCUT2D eigenvalue weighted by atomic mass is 16.5. The quantitative estimate of drug-likeness (QED) is 0.840. The van der Waals surface area contributed by atoms with E-state index in [-0.39, 0.29) is 11.2 Å². The van der Waals surface area contributed by atoms with Crippen molar-refractivity contribution in [3.8, 4) is 5.75 Å². The number of fused-ring (bicyclic) bond motifs is 3. The van der Waals surface area contributed by atoms with E-state index in [1.54, 1.807) is 6.07 Å². The smallest absolute Gasteiger partial charge is 0.336 e. The standard InChI is InChI=1S/C20H24O4/c1-3-6-13-10-16(22)23-15-9-12(2)17-14(21)11-20(7-4-5-8-20)24-19(17)18(13)15/h9-10,14,21H,3-8,11H2,1-2H3. The normalized spacial score (nSPS) is 21.9. The van der Waals surface area contributed by atoms with Gasteiger partial charge in [0.2, 0.25) is 0 Å². The van der Waals surface area contributed by atoms with Gasteiger partial charge in [-0.3, -0.25) is 0 Å². The molecule has 4 rings (SSSR count). The van der Waals surface area contributed by atoms with Gasteiger partial charge in [0, 0.05) is 18.1 Å². The molecule has 0 radical (unpaired) electrons. The van der Waals surface area contributed by atoms with Crippen molar-refractivity contribution in [2.45, 2.75) is 70.5 Å². The summed E-state index contributed by atoms with van der Waals surface area (Å²) >= 11 is 0. The van der Waals surface area contributed by atoms with Crippen molar-refractivity contribution in [2.24, 2.45) is 0 Å². The summed E-state index contributed by atoms with van der Waals surface area (Å²) in [6.45, 7) is 4.04. The zero-order chi connectivity index (χ0) is 16.9. The zero-order valence-electron chi connectivity index (χ0n) is 14.4. The second-order valence-electron chi connectivity index (χ2n) is 7.36. The van der Waals surface area contributed by atoms with Crippen LogP contribution in [0.15, 0.2) is 21.3 Å². The lowest BCUT2D eigenvalue weighted by Crippen LogP contribution is -2.38. The van der Waals surface area contributed by atoms with E-state index in [0.29, 0.717) is 12.0 Å². The first-order valence-corrected chi connectivity index (χ1v) is 9.00. The Labute approximate surface area is 141 Å². The fourth-order valence-electron chi connectivity index (χ4n) is 4.53. The van der Waals surface area contributed by atoms with Crippen LogP contribution in [0.1, 0.15) is 68.2 Å². The number of hydrogen-bond donors (Lipinski definition) is 1. The maximum Gasteiger partial charge on any atom is 0.336 e. The van der Waals surface area contributed by atoms with Crippen LogP contribution in [0.2, 0.25) is 0 Å². The Morgan fingerprint density at radius 3 is 2.75 bits per heavy atom. The van der Waals surface area contributed by atoms with E-state index in [4.69, 9.17) is 9.15 Å². The van der Waals surface area contributed by atoms with E-state index >= 15 is 0 Å². The molecule has 0 saturated heterocycles. The fourth-order valence-corrected chi connectivity index (χ4v) is 4.53. The second-order valence-corrected chi connectivity index (χ2v) is 7.36. The molecule has 1 spiro atoms. The Hall–Kier alpha value is -1.81. The monoisotopic (exact) mass is 328 g/mol. The predicted octanol–water partition coefficient (Wildman–Crippen LogP) is 4.18. The summed E-state index contributed by atoms with van der Waals surface area (Å²) in [5, 5.41) is 11.7. The van der Waals surface area contributed by atoms with Crippen molar-refractivity contribution in [1.82, 2.24) is 0 Å². The van der Waals surface area contributed by atoms with Gasteiger partial charge >= 0.3 is 5.63 Å². The molecule has 0 bridgehead atoms. The average molecular weight is 328 g/mol. The maximum atomic E-state index is 11.9. The minimum absolute atomic E-state index is 0.257. The van der Waals surface area contributed by atoms with Crippen molar-refractivity contribution in [1.29, 1.82) is 0 Å². The molecule has 4 heteroatoms. The van der Waals surface area contributed by atoms with Crippen LogP contribution in [0.4, 0.5) is 0 Å². The molecule has 128 valence electrons. The van der Waals surface area contributed by atoms with Crippen LogP contribution in [-0.2, 0) is 6.42 Å². The van der Waals surface area contributed by atoms with Crippen LogP contribution in [0.25, 0.3) is 11.0 Å². The molecule has 1 unspecified atom stereocenters. The molecule has 24 heavy (non-hydrogen) atoms. The van der Waals surface area contributed by atoms with Crippen molar-refractivity contribution < 1.29 is 14.3 Å². The van der Waals surface area contributed by atoms with Gasteiger partial charge in [0.15, 0.2) is 0 Å². The van der Waals surface area contributed by atoms with Gasteiger partial charge in [-0.05, 0) is 56.2 Å². The summed E-state index contributed by atoms with van der Waals surface area (Å²) in [7, 11) is 0. The fraction of sp³-hybridized carbons (Fsp3) is 0.550. The Bertz CT molecular complexity index is 843. The summed E-state index contributed by atoms with van der Waals surface area (Å²) in [4.78, 5) is 11.9. The zero-order valence-corrected chi connectivity index (χ0v) is 14.4. The summed E-state index contributed by atoms with van der Waals surface area (Å²) in [6, 6.07) is 3.45. The lowest BCUT2D eigenvalue weighted by molar-refractivity contribution is -0.00838. The lowest BCUT2D eigenvalue weighted by Gasteiger charge is -2.39. The molecule has 1 saturated carbocycles. The minimum Gasteiger partial charge on any atom is -0.486 e. The van der Waals surface area contributed by atoms with Crippen LogP contribution < -0.4 is 10.4 Å². The third-order valence-corrected chi connectivity index (χ3v) is 5.57. The third-order valence-electron chi connectivity index (χ3n) is 5.57. The van der Waals surface area contributed by atoms with Gasteiger partial charge in [0.25, 0.3) is 0 Å². The number of rotatable bonds is 2. The van der Waals surface area contributed by atoms with Crippen LogP contribution >= 0.6 is 0 Å². The van der Waals surface area contributed by atoms with Gasteiger partial charge in [-0.2, -0.15) is 0 Å². The van der Waals surface area contributed by atoms with Gasteiger partial charge in [-0.25, -0.2) is 4.79 Å². The first-order chi connectivity index (χ1) is 11.5. The Kier molecular flexibility index (Phi) is 3.68. The van der Waals surface area contributed by atoms with E-state index in [0.717, 1.165) is 66.4 Å². The molecule has 1 N–H and O–H groups in total. The van der Waals surface area contributed by atoms with Crippen LogP contribution in [0.5, 0.6) is 5.75 Å². The molecule has 1 atom stereocenters. The Morgan fingerprint density at radius 2 is 2.04 bits per heavy atom. The number of benzene rings is 1.